The number of alkyl halides is 3. The van der Waals surface area contributed by atoms with Gasteiger partial charge >= 0.3 is 6.18 Å². The minimum absolute atomic E-state index is 0.0843. The van der Waals surface area contributed by atoms with Crippen molar-refractivity contribution in [3.8, 4) is 0 Å². The number of carbonyl (C=O) groups is 1. The number of nitrogens with zero attached hydrogens (tertiary/aromatic N) is 4. The van der Waals surface area contributed by atoms with Gasteiger partial charge in [-0.05, 0) is 37.3 Å². The molecule has 2 aromatic rings. The first-order chi connectivity index (χ1) is 12.3. The van der Waals surface area contributed by atoms with Gasteiger partial charge in [0.15, 0.2) is 6.04 Å². The summed E-state index contributed by atoms with van der Waals surface area (Å²) in [6.07, 6.45) is -4.61. The number of carbonyl (C=O) groups excluding carboxylic acids is 1. The van der Waals surface area contributed by atoms with E-state index in [1.165, 1.54) is 0 Å². The third kappa shape index (κ3) is 3.60. The minimum Gasteiger partial charge on any atom is -0.269 e. The van der Waals surface area contributed by atoms with Gasteiger partial charge < -0.3 is 0 Å². The predicted molar refractivity (Wildman–Crippen MR) is 91.8 cm³/mol. The van der Waals surface area contributed by atoms with E-state index in [4.69, 9.17) is 11.6 Å². The Labute approximate surface area is 151 Å². The fraction of sp³-hybridized carbons (Fsp3) is 0.176. The maximum atomic E-state index is 13.1. The highest BCUT2D eigenvalue weighted by Gasteiger charge is 2.36. The lowest BCUT2D eigenvalue weighted by Crippen LogP contribution is -2.29. The predicted octanol–water partition coefficient (Wildman–Crippen LogP) is 5.23. The van der Waals surface area contributed by atoms with Gasteiger partial charge in [-0.3, -0.25) is 4.79 Å². The monoisotopic (exact) mass is 380 g/mol. The third-order valence-corrected chi connectivity index (χ3v) is 3.88. The highest BCUT2D eigenvalue weighted by Crippen LogP contribution is 2.38. The molecule has 134 valence electrons. The molecule has 1 atom stereocenters. The van der Waals surface area contributed by atoms with E-state index in [0.29, 0.717) is 11.4 Å². The molecular weight excluding hydrogens is 369 g/mol. The highest BCUT2D eigenvalue weighted by atomic mass is 35.5. The van der Waals surface area contributed by atoms with Crippen molar-refractivity contribution in [2.75, 3.05) is 5.01 Å². The van der Waals surface area contributed by atoms with Gasteiger partial charge in [-0.15, -0.1) is 0 Å². The van der Waals surface area contributed by atoms with Crippen LogP contribution in [0.4, 0.5) is 24.5 Å². The Kier molecular flexibility index (Phi) is 4.78. The molecule has 9 heteroatoms. The zero-order valence-electron chi connectivity index (χ0n) is 13.4. The second-order valence-electron chi connectivity index (χ2n) is 5.50. The maximum Gasteiger partial charge on any atom is 0.418 e. The molecule has 26 heavy (non-hydrogen) atoms. The summed E-state index contributed by atoms with van der Waals surface area (Å²) in [6, 6.07) is 10.5. The molecule has 1 amide bonds. The van der Waals surface area contributed by atoms with Crippen LogP contribution in [0.15, 0.2) is 63.9 Å². The van der Waals surface area contributed by atoms with Crippen molar-refractivity contribution in [2.45, 2.75) is 19.1 Å². The maximum absolute atomic E-state index is 13.1. The van der Waals surface area contributed by atoms with Crippen LogP contribution < -0.4 is 5.01 Å². The Bertz CT molecular complexity index is 897. The summed E-state index contributed by atoms with van der Waals surface area (Å²) in [5, 5.41) is 12.8. The number of hydrogen-bond donors (Lipinski definition) is 0. The molecule has 0 aliphatic carbocycles. The van der Waals surface area contributed by atoms with E-state index >= 15 is 0 Å². The van der Waals surface area contributed by atoms with E-state index in [9.17, 15) is 18.0 Å². The zero-order valence-corrected chi connectivity index (χ0v) is 14.2. The Morgan fingerprint density at radius 1 is 1.15 bits per heavy atom. The molecule has 0 N–H and O–H groups in total. The van der Waals surface area contributed by atoms with Gasteiger partial charge in [0, 0.05) is 5.02 Å². The van der Waals surface area contributed by atoms with Crippen LogP contribution in [-0.4, -0.2) is 17.7 Å². The molecule has 3 rings (SSSR count). The smallest absolute Gasteiger partial charge is 0.269 e. The summed E-state index contributed by atoms with van der Waals surface area (Å²) >= 11 is 5.75. The Balaban J connectivity index is 1.90. The molecule has 0 saturated carbocycles. The van der Waals surface area contributed by atoms with Gasteiger partial charge in [0.05, 0.1) is 22.6 Å². The number of azo groups is 1. The number of amides is 1. The van der Waals surface area contributed by atoms with E-state index in [-0.39, 0.29) is 5.02 Å². The fourth-order valence-electron chi connectivity index (χ4n) is 2.39. The number of hydrazone groups is 1. The number of hydrogen-bond acceptors (Lipinski definition) is 4. The van der Waals surface area contributed by atoms with Crippen LogP contribution >= 0.6 is 11.6 Å². The number of halogens is 4. The third-order valence-electron chi connectivity index (χ3n) is 3.64. The lowest BCUT2D eigenvalue weighted by atomic mass is 10.2. The van der Waals surface area contributed by atoms with Gasteiger partial charge in [0.25, 0.3) is 5.91 Å². The molecule has 0 unspecified atom stereocenters. The van der Waals surface area contributed by atoms with E-state index in [2.05, 4.69) is 15.3 Å². The minimum atomic E-state index is -4.61. The summed E-state index contributed by atoms with van der Waals surface area (Å²) in [7, 11) is 0. The molecule has 1 aliphatic rings. The second kappa shape index (κ2) is 6.87. The van der Waals surface area contributed by atoms with Gasteiger partial charge in [-0.1, -0.05) is 29.8 Å². The van der Waals surface area contributed by atoms with Crippen molar-refractivity contribution in [2.24, 2.45) is 15.3 Å². The van der Waals surface area contributed by atoms with Crippen LogP contribution in [0.3, 0.4) is 0 Å². The molecule has 0 fully saturated rings. The summed E-state index contributed by atoms with van der Waals surface area (Å²) < 4.78 is 39.2. The van der Waals surface area contributed by atoms with Gasteiger partial charge in [-0.2, -0.15) is 33.5 Å². The Morgan fingerprint density at radius 2 is 1.85 bits per heavy atom. The van der Waals surface area contributed by atoms with Gasteiger partial charge in [0.2, 0.25) is 0 Å². The molecule has 1 heterocycles. The molecule has 0 bridgehead atoms. The van der Waals surface area contributed by atoms with Crippen molar-refractivity contribution < 1.29 is 18.0 Å². The first-order valence-electron chi connectivity index (χ1n) is 7.49. The van der Waals surface area contributed by atoms with Crippen LogP contribution in [0.25, 0.3) is 0 Å². The number of para-hydroxylation sites is 1. The van der Waals surface area contributed by atoms with Crippen LogP contribution in [0.1, 0.15) is 12.5 Å². The second-order valence-corrected chi connectivity index (χ2v) is 5.94. The van der Waals surface area contributed by atoms with Crippen LogP contribution in [0.2, 0.25) is 5.02 Å². The number of benzene rings is 2. The molecular formula is C17H12ClF3N4O. The molecule has 1 aliphatic heterocycles. The quantitative estimate of drug-likeness (QED) is 0.672. The van der Waals surface area contributed by atoms with Crippen molar-refractivity contribution >= 4 is 34.6 Å². The zero-order chi connectivity index (χ0) is 18.9. The molecule has 0 aromatic heterocycles. The lowest BCUT2D eigenvalue weighted by molar-refractivity contribution is -0.137. The normalized spacial score (nSPS) is 17.9. The lowest BCUT2D eigenvalue weighted by Gasteiger charge is -2.12. The van der Waals surface area contributed by atoms with Gasteiger partial charge in [0.1, 0.15) is 0 Å². The summed E-state index contributed by atoms with van der Waals surface area (Å²) in [5.41, 5.74) is -0.569. The number of rotatable bonds is 3. The summed E-state index contributed by atoms with van der Waals surface area (Å²) in [4.78, 5) is 12.5. The van der Waals surface area contributed by atoms with Crippen LogP contribution in [0.5, 0.6) is 0 Å². The molecule has 0 radical (unpaired) electrons. The molecule has 2 aromatic carbocycles. The average Bonchev–Trinajstić information content (AvgIpc) is 2.87. The van der Waals surface area contributed by atoms with Crippen molar-refractivity contribution in [1.29, 1.82) is 0 Å². The Morgan fingerprint density at radius 3 is 2.50 bits per heavy atom. The Hall–Kier alpha value is -2.74. The average molecular weight is 381 g/mol. The van der Waals surface area contributed by atoms with E-state index in [1.54, 1.807) is 37.3 Å². The SMILES string of the molecule is CC1=NN(c2ccccc2)C(=O)[C@@H]1N=Nc1cc(Cl)ccc1C(F)(F)F. The van der Waals surface area contributed by atoms with Crippen molar-refractivity contribution in [1.82, 2.24) is 0 Å². The first-order valence-corrected chi connectivity index (χ1v) is 7.87. The topological polar surface area (TPSA) is 57.4 Å². The van der Waals surface area contributed by atoms with E-state index in [0.717, 1.165) is 23.2 Å². The van der Waals surface area contributed by atoms with Crippen molar-refractivity contribution in [3.05, 3.63) is 59.1 Å². The van der Waals surface area contributed by atoms with Gasteiger partial charge in [-0.25, -0.2) is 0 Å². The number of anilines is 1. The molecule has 0 spiro atoms. The highest BCUT2D eigenvalue weighted by molar-refractivity contribution is 6.30. The molecule has 5 nitrogen and oxygen atoms in total. The van der Waals surface area contributed by atoms with Crippen LogP contribution in [-0.2, 0) is 11.0 Å². The first kappa shape index (κ1) is 18.1. The standard InChI is InChI=1S/C17H12ClF3N4O/c1-10-15(16(26)25(24-10)12-5-3-2-4-6-12)23-22-14-9-11(18)7-8-13(14)17(19,20)21/h2-9,15H,1H3/t15-/m1/s1. The van der Waals surface area contributed by atoms with Crippen LogP contribution in [0, 0.1) is 0 Å². The van der Waals surface area contributed by atoms with E-state index < -0.39 is 29.4 Å². The van der Waals surface area contributed by atoms with Crippen molar-refractivity contribution in [3.63, 3.8) is 0 Å². The molecule has 0 saturated heterocycles. The van der Waals surface area contributed by atoms with E-state index in [1.807, 2.05) is 0 Å². The largest absolute Gasteiger partial charge is 0.418 e. The fourth-order valence-corrected chi connectivity index (χ4v) is 2.56. The summed E-state index contributed by atoms with van der Waals surface area (Å²) in [5.74, 6) is -0.493. The summed E-state index contributed by atoms with van der Waals surface area (Å²) in [6.45, 7) is 1.56.